The minimum Gasteiger partial charge on any atom is -0.374 e. The molecule has 0 bridgehead atoms. The van der Waals surface area contributed by atoms with Gasteiger partial charge in [0.15, 0.2) is 0 Å². The molecule has 2 nitrogen and oxygen atoms in total. The predicted octanol–water partition coefficient (Wildman–Crippen LogP) is 3.74. The van der Waals surface area contributed by atoms with Crippen LogP contribution in [0, 0.1) is 5.92 Å². The Morgan fingerprint density at radius 2 is 2.00 bits per heavy atom. The van der Waals surface area contributed by atoms with E-state index in [1.54, 1.807) is 0 Å². The van der Waals surface area contributed by atoms with Crippen LogP contribution < -0.4 is 10.2 Å². The van der Waals surface area contributed by atoms with Gasteiger partial charge in [-0.15, -0.1) is 0 Å². The van der Waals surface area contributed by atoms with E-state index >= 15 is 0 Å². The lowest BCUT2D eigenvalue weighted by Crippen LogP contribution is -2.32. The molecule has 0 spiro atoms. The van der Waals surface area contributed by atoms with Crippen molar-refractivity contribution < 1.29 is 0 Å². The number of benzene rings is 1. The lowest BCUT2D eigenvalue weighted by atomic mass is 9.84. The maximum Gasteiger partial charge on any atom is 0.0397 e. The second-order valence-corrected chi connectivity index (χ2v) is 6.64. The predicted molar refractivity (Wildman–Crippen MR) is 86.3 cm³/mol. The molecule has 1 aliphatic carbocycles. The van der Waals surface area contributed by atoms with E-state index in [-0.39, 0.29) is 0 Å². The lowest BCUT2D eigenvalue weighted by Gasteiger charge is -2.28. The fraction of sp³-hybridized carbons (Fsp3) is 0.667. The molecular weight excluding hydrogens is 244 g/mol. The Balaban J connectivity index is 1.52. The molecule has 0 radical (unpaired) electrons. The molecule has 0 atom stereocenters. The van der Waals surface area contributed by atoms with Crippen LogP contribution in [0.5, 0.6) is 0 Å². The molecule has 1 aromatic carbocycles. The number of nitrogens with zero attached hydrogens (tertiary/aromatic N) is 1. The smallest absolute Gasteiger partial charge is 0.0397 e. The van der Waals surface area contributed by atoms with Gasteiger partial charge in [0.1, 0.15) is 0 Å². The molecular formula is C18H28N2. The summed E-state index contributed by atoms with van der Waals surface area (Å²) in [4.78, 5) is 2.36. The first-order chi connectivity index (χ1) is 9.76. The minimum atomic E-state index is 0.744. The highest BCUT2D eigenvalue weighted by Crippen LogP contribution is 2.28. The fourth-order valence-electron chi connectivity index (χ4n) is 3.77. The number of rotatable bonds is 4. The molecule has 3 rings (SSSR count). The van der Waals surface area contributed by atoms with Gasteiger partial charge in [-0.3, -0.25) is 0 Å². The zero-order chi connectivity index (χ0) is 13.9. The van der Waals surface area contributed by atoms with E-state index in [0.717, 1.165) is 18.5 Å². The number of hydrogen-bond acceptors (Lipinski definition) is 2. The highest BCUT2D eigenvalue weighted by molar-refractivity contribution is 5.58. The van der Waals surface area contributed by atoms with Crippen LogP contribution in [-0.2, 0) is 13.0 Å². The summed E-state index contributed by atoms with van der Waals surface area (Å²) in [5.41, 5.74) is 4.41. The van der Waals surface area contributed by atoms with Crippen molar-refractivity contribution in [2.45, 2.75) is 58.0 Å². The van der Waals surface area contributed by atoms with E-state index in [1.165, 1.54) is 61.9 Å². The Bertz CT molecular complexity index is 447. The summed E-state index contributed by atoms with van der Waals surface area (Å²) in [6.45, 7) is 4.55. The first-order valence-electron chi connectivity index (χ1n) is 8.32. The number of nitrogens with one attached hydrogen (secondary N) is 1. The molecule has 1 heterocycles. The van der Waals surface area contributed by atoms with E-state index < -0.39 is 0 Å². The fourth-order valence-corrected chi connectivity index (χ4v) is 3.77. The summed E-state index contributed by atoms with van der Waals surface area (Å²) in [5, 5.41) is 3.77. The molecule has 0 saturated heterocycles. The van der Waals surface area contributed by atoms with E-state index in [4.69, 9.17) is 0 Å². The third-order valence-corrected chi connectivity index (χ3v) is 5.29. The first kappa shape index (κ1) is 13.9. The lowest BCUT2D eigenvalue weighted by molar-refractivity contribution is 0.285. The molecule has 0 aromatic heterocycles. The van der Waals surface area contributed by atoms with Crippen LogP contribution in [0.3, 0.4) is 0 Å². The third kappa shape index (κ3) is 3.01. The zero-order valence-electron chi connectivity index (χ0n) is 13.0. The van der Waals surface area contributed by atoms with Gasteiger partial charge in [-0.2, -0.15) is 0 Å². The van der Waals surface area contributed by atoms with Crippen LogP contribution in [0.25, 0.3) is 0 Å². The summed E-state index contributed by atoms with van der Waals surface area (Å²) in [7, 11) is 2.19. The topological polar surface area (TPSA) is 15.3 Å². The first-order valence-corrected chi connectivity index (χ1v) is 8.32. The number of hydrogen-bond donors (Lipinski definition) is 1. The van der Waals surface area contributed by atoms with Gasteiger partial charge in [0, 0.05) is 31.9 Å². The molecule has 0 unspecified atom stereocenters. The average Bonchev–Trinajstić information content (AvgIpc) is 2.87. The van der Waals surface area contributed by atoms with Crippen molar-refractivity contribution in [3.63, 3.8) is 0 Å². The second-order valence-electron chi connectivity index (χ2n) is 6.64. The molecule has 1 aliphatic heterocycles. The Kier molecular flexibility index (Phi) is 4.30. The summed E-state index contributed by atoms with van der Waals surface area (Å²) >= 11 is 0. The molecule has 2 heteroatoms. The van der Waals surface area contributed by atoms with Gasteiger partial charge in [-0.25, -0.2) is 0 Å². The van der Waals surface area contributed by atoms with E-state index in [0.29, 0.717) is 0 Å². The van der Waals surface area contributed by atoms with Crippen LogP contribution >= 0.6 is 0 Å². The molecule has 0 amide bonds. The quantitative estimate of drug-likeness (QED) is 0.898. The Labute approximate surface area is 123 Å². The van der Waals surface area contributed by atoms with Gasteiger partial charge in [0.05, 0.1) is 0 Å². The summed E-state index contributed by atoms with van der Waals surface area (Å²) in [5.74, 6) is 0.989. The van der Waals surface area contributed by atoms with Crippen LogP contribution in [0.15, 0.2) is 18.2 Å². The van der Waals surface area contributed by atoms with Crippen molar-refractivity contribution in [3.8, 4) is 0 Å². The van der Waals surface area contributed by atoms with E-state index in [1.807, 2.05) is 0 Å². The number of anilines is 1. The molecule has 2 aliphatic rings. The highest BCUT2D eigenvalue weighted by Gasteiger charge is 2.20. The van der Waals surface area contributed by atoms with Crippen molar-refractivity contribution >= 4 is 5.69 Å². The van der Waals surface area contributed by atoms with Gasteiger partial charge in [-0.1, -0.05) is 25.5 Å². The van der Waals surface area contributed by atoms with Gasteiger partial charge >= 0.3 is 0 Å². The van der Waals surface area contributed by atoms with Crippen LogP contribution in [-0.4, -0.2) is 19.6 Å². The molecule has 20 heavy (non-hydrogen) atoms. The van der Waals surface area contributed by atoms with Crippen molar-refractivity contribution in [1.82, 2.24) is 5.32 Å². The molecule has 1 fully saturated rings. The standard InChI is InChI=1S/C18H28N2/c1-3-14-4-7-17(8-5-14)19-13-15-6-9-18-16(12-15)10-11-20(18)2/h6,9,12,14,17,19H,3-5,7-8,10-11,13H2,1-2H3. The van der Waals surface area contributed by atoms with Crippen LogP contribution in [0.4, 0.5) is 5.69 Å². The minimum absolute atomic E-state index is 0.744. The van der Waals surface area contributed by atoms with Gasteiger partial charge < -0.3 is 10.2 Å². The largest absolute Gasteiger partial charge is 0.374 e. The van der Waals surface area contributed by atoms with Gasteiger partial charge in [0.25, 0.3) is 0 Å². The monoisotopic (exact) mass is 272 g/mol. The highest BCUT2D eigenvalue weighted by atomic mass is 15.1. The van der Waals surface area contributed by atoms with E-state index in [9.17, 15) is 0 Å². The van der Waals surface area contributed by atoms with Crippen molar-refractivity contribution in [2.75, 3.05) is 18.5 Å². The molecule has 1 saturated carbocycles. The van der Waals surface area contributed by atoms with E-state index in [2.05, 4.69) is 42.4 Å². The SMILES string of the molecule is CCC1CCC(NCc2ccc3c(c2)CCN3C)CC1. The number of likely N-dealkylation sites (N-methyl/N-ethyl adjacent to an activating group) is 1. The third-order valence-electron chi connectivity index (χ3n) is 5.29. The maximum atomic E-state index is 3.77. The Hall–Kier alpha value is -1.02. The Morgan fingerprint density at radius 3 is 2.75 bits per heavy atom. The zero-order valence-corrected chi connectivity index (χ0v) is 13.0. The summed E-state index contributed by atoms with van der Waals surface area (Å²) in [6, 6.07) is 7.75. The van der Waals surface area contributed by atoms with Crippen LogP contribution in [0.1, 0.15) is 50.2 Å². The normalized spacial score (nSPS) is 25.8. The second kappa shape index (κ2) is 6.17. The van der Waals surface area contributed by atoms with Crippen molar-refractivity contribution in [1.29, 1.82) is 0 Å². The average molecular weight is 272 g/mol. The summed E-state index contributed by atoms with van der Waals surface area (Å²) in [6.07, 6.45) is 8.15. The van der Waals surface area contributed by atoms with Gasteiger partial charge in [0.2, 0.25) is 0 Å². The molecule has 110 valence electrons. The molecule has 1 N–H and O–H groups in total. The summed E-state index contributed by atoms with van der Waals surface area (Å²) < 4.78 is 0. The molecule has 1 aromatic rings. The van der Waals surface area contributed by atoms with Crippen LogP contribution in [0.2, 0.25) is 0 Å². The van der Waals surface area contributed by atoms with Crippen molar-refractivity contribution in [2.24, 2.45) is 5.92 Å². The van der Waals surface area contributed by atoms with Crippen molar-refractivity contribution in [3.05, 3.63) is 29.3 Å². The van der Waals surface area contributed by atoms with Gasteiger partial charge in [-0.05, 0) is 55.2 Å². The number of fused-ring (bicyclic) bond motifs is 1. The Morgan fingerprint density at radius 1 is 1.20 bits per heavy atom. The maximum absolute atomic E-state index is 3.77.